The van der Waals surface area contributed by atoms with Gasteiger partial charge in [0.2, 0.25) is 5.13 Å². The van der Waals surface area contributed by atoms with Crippen LogP contribution in [0.25, 0.3) is 0 Å². The van der Waals surface area contributed by atoms with Crippen LogP contribution in [0.1, 0.15) is 10.6 Å². The van der Waals surface area contributed by atoms with E-state index >= 15 is 0 Å². The Morgan fingerprint density at radius 1 is 1.29 bits per heavy atom. The van der Waals surface area contributed by atoms with Gasteiger partial charge in [0, 0.05) is 11.6 Å². The number of aryl methyl sites for hydroxylation is 1. The zero-order valence-corrected chi connectivity index (χ0v) is 14.3. The Kier molecular flexibility index (Phi) is 5.05. The molecule has 0 spiro atoms. The minimum Gasteiger partial charge on any atom is -0.316 e. The second kappa shape index (κ2) is 6.45. The van der Waals surface area contributed by atoms with Crippen molar-refractivity contribution in [1.29, 1.82) is 0 Å². The molecule has 1 aromatic carbocycles. The number of rotatable bonds is 5. The molecule has 2 aromatic rings. The molecule has 6 nitrogen and oxygen atoms in total. The summed E-state index contributed by atoms with van der Waals surface area (Å²) < 4.78 is 27.2. The number of hydrogen-bond acceptors (Lipinski definition) is 6. The minimum atomic E-state index is -3.88. The minimum absolute atomic E-state index is 0.0882. The van der Waals surface area contributed by atoms with E-state index in [1.165, 1.54) is 6.07 Å². The Labute approximate surface area is 136 Å². The fourth-order valence-electron chi connectivity index (χ4n) is 1.64. The molecule has 0 aliphatic rings. The molecule has 0 saturated heterocycles. The van der Waals surface area contributed by atoms with Gasteiger partial charge in [-0.25, -0.2) is 8.42 Å². The van der Waals surface area contributed by atoms with Gasteiger partial charge in [-0.05, 0) is 31.7 Å². The smallest absolute Gasteiger partial charge is 0.265 e. The first-order valence-corrected chi connectivity index (χ1v) is 8.84. The van der Waals surface area contributed by atoms with Crippen molar-refractivity contribution in [2.75, 3.05) is 11.8 Å². The maximum Gasteiger partial charge on any atom is 0.265 e. The molecule has 0 aliphatic heterocycles. The summed E-state index contributed by atoms with van der Waals surface area (Å²) >= 11 is 13.3. The predicted molar refractivity (Wildman–Crippen MR) is 84.7 cm³/mol. The van der Waals surface area contributed by atoms with Crippen molar-refractivity contribution >= 4 is 49.7 Å². The third kappa shape index (κ3) is 3.83. The van der Waals surface area contributed by atoms with Crippen molar-refractivity contribution < 1.29 is 8.42 Å². The highest BCUT2D eigenvalue weighted by Crippen LogP contribution is 2.31. The van der Waals surface area contributed by atoms with Crippen LogP contribution in [-0.2, 0) is 16.6 Å². The molecule has 2 rings (SSSR count). The molecule has 0 aliphatic carbocycles. The molecule has 0 unspecified atom stereocenters. The van der Waals surface area contributed by atoms with Crippen LogP contribution in [0, 0.1) is 6.92 Å². The van der Waals surface area contributed by atoms with Crippen molar-refractivity contribution in [3.8, 4) is 0 Å². The van der Waals surface area contributed by atoms with Crippen LogP contribution < -0.4 is 10.0 Å². The highest BCUT2D eigenvalue weighted by molar-refractivity contribution is 7.93. The SMILES string of the molecule is CNCc1cc(Cl)cc(S(=O)(=O)Nc2nnc(C)s2)c1Cl. The number of anilines is 1. The lowest BCUT2D eigenvalue weighted by Crippen LogP contribution is -2.15. The van der Waals surface area contributed by atoms with E-state index in [1.807, 2.05) is 0 Å². The maximum absolute atomic E-state index is 12.4. The first-order chi connectivity index (χ1) is 9.83. The van der Waals surface area contributed by atoms with Crippen LogP contribution in [0.3, 0.4) is 0 Å². The van der Waals surface area contributed by atoms with Crippen LogP contribution in [0.5, 0.6) is 0 Å². The van der Waals surface area contributed by atoms with Crippen molar-refractivity contribution in [1.82, 2.24) is 15.5 Å². The summed E-state index contributed by atoms with van der Waals surface area (Å²) in [5.74, 6) is 0. The van der Waals surface area contributed by atoms with Gasteiger partial charge in [0.15, 0.2) is 0 Å². The fraction of sp³-hybridized carbons (Fsp3) is 0.273. The first kappa shape index (κ1) is 16.4. The highest BCUT2D eigenvalue weighted by Gasteiger charge is 2.22. The Hall–Kier alpha value is -0.930. The van der Waals surface area contributed by atoms with E-state index in [0.29, 0.717) is 22.1 Å². The van der Waals surface area contributed by atoms with Gasteiger partial charge < -0.3 is 5.32 Å². The van der Waals surface area contributed by atoms with E-state index in [9.17, 15) is 8.42 Å². The number of benzene rings is 1. The molecule has 114 valence electrons. The Balaban J connectivity index is 2.44. The molecule has 1 aromatic heterocycles. The molecule has 10 heteroatoms. The zero-order valence-electron chi connectivity index (χ0n) is 11.1. The van der Waals surface area contributed by atoms with Gasteiger partial charge in [0.1, 0.15) is 9.90 Å². The molecule has 0 atom stereocenters. The van der Waals surface area contributed by atoms with E-state index in [1.54, 1.807) is 20.0 Å². The standard InChI is InChI=1S/C11H12Cl2N4O2S2/c1-6-15-16-11(20-6)17-21(18,19)9-4-8(12)3-7(5-14-2)10(9)13/h3-4,14H,5H2,1-2H3,(H,16,17). The summed E-state index contributed by atoms with van der Waals surface area (Å²) in [5.41, 5.74) is 0.598. The second-order valence-electron chi connectivity index (χ2n) is 4.14. The van der Waals surface area contributed by atoms with Crippen LogP contribution >= 0.6 is 34.5 Å². The third-order valence-electron chi connectivity index (χ3n) is 2.48. The van der Waals surface area contributed by atoms with Crippen molar-refractivity contribution in [3.63, 3.8) is 0 Å². The number of hydrogen-bond donors (Lipinski definition) is 2. The topological polar surface area (TPSA) is 84.0 Å². The lowest BCUT2D eigenvalue weighted by Gasteiger charge is -2.11. The van der Waals surface area contributed by atoms with Crippen LogP contribution in [-0.4, -0.2) is 25.7 Å². The van der Waals surface area contributed by atoms with E-state index in [-0.39, 0.29) is 15.0 Å². The van der Waals surface area contributed by atoms with Gasteiger partial charge in [0.05, 0.1) is 5.02 Å². The predicted octanol–water partition coefficient (Wildman–Crippen LogP) is 2.67. The number of sulfonamides is 1. The fourth-order valence-corrected chi connectivity index (χ4v) is 4.40. The summed E-state index contributed by atoms with van der Waals surface area (Å²) in [7, 11) is -2.15. The average molecular weight is 367 g/mol. The van der Waals surface area contributed by atoms with Gasteiger partial charge in [-0.3, -0.25) is 4.72 Å². The molecule has 2 N–H and O–H groups in total. The highest BCUT2D eigenvalue weighted by atomic mass is 35.5. The van der Waals surface area contributed by atoms with Gasteiger partial charge in [-0.2, -0.15) is 0 Å². The molecule has 0 fully saturated rings. The number of nitrogens with one attached hydrogen (secondary N) is 2. The first-order valence-electron chi connectivity index (χ1n) is 5.79. The normalized spacial score (nSPS) is 11.6. The summed E-state index contributed by atoms with van der Waals surface area (Å²) in [6, 6.07) is 2.92. The van der Waals surface area contributed by atoms with Gasteiger partial charge in [0.25, 0.3) is 10.0 Å². The van der Waals surface area contributed by atoms with Gasteiger partial charge in [-0.1, -0.05) is 34.5 Å². The summed E-state index contributed by atoms with van der Waals surface area (Å²) in [4.78, 5) is -0.0882. The summed E-state index contributed by atoms with van der Waals surface area (Å²) in [5, 5.41) is 11.6. The van der Waals surface area contributed by atoms with Crippen molar-refractivity contribution in [3.05, 3.63) is 32.7 Å². The molecule has 0 amide bonds. The number of halogens is 2. The van der Waals surface area contributed by atoms with Crippen molar-refractivity contribution in [2.24, 2.45) is 0 Å². The Bertz CT molecular complexity index is 762. The molecule has 0 saturated carbocycles. The van der Waals surface area contributed by atoms with Crippen LogP contribution in [0.2, 0.25) is 10.0 Å². The van der Waals surface area contributed by atoms with Gasteiger partial charge in [-0.15, -0.1) is 10.2 Å². The molecular weight excluding hydrogens is 355 g/mol. The largest absolute Gasteiger partial charge is 0.316 e. The van der Waals surface area contributed by atoms with Crippen LogP contribution in [0.15, 0.2) is 17.0 Å². The average Bonchev–Trinajstić information content (AvgIpc) is 2.78. The molecule has 1 heterocycles. The van der Waals surface area contributed by atoms with E-state index in [4.69, 9.17) is 23.2 Å². The monoisotopic (exact) mass is 366 g/mol. The summed E-state index contributed by atoms with van der Waals surface area (Å²) in [6.07, 6.45) is 0. The molecule has 0 bridgehead atoms. The third-order valence-corrected chi connectivity index (χ3v) is 5.51. The molecule has 21 heavy (non-hydrogen) atoms. The number of aromatic nitrogens is 2. The van der Waals surface area contributed by atoms with Gasteiger partial charge >= 0.3 is 0 Å². The van der Waals surface area contributed by atoms with E-state index < -0.39 is 10.0 Å². The molecule has 0 radical (unpaired) electrons. The Morgan fingerprint density at radius 2 is 2.00 bits per heavy atom. The van der Waals surface area contributed by atoms with E-state index in [0.717, 1.165) is 11.3 Å². The summed E-state index contributed by atoms with van der Waals surface area (Å²) in [6.45, 7) is 2.13. The van der Waals surface area contributed by atoms with Crippen molar-refractivity contribution in [2.45, 2.75) is 18.4 Å². The lowest BCUT2D eigenvalue weighted by atomic mass is 10.2. The quantitative estimate of drug-likeness (QED) is 0.849. The maximum atomic E-state index is 12.4. The lowest BCUT2D eigenvalue weighted by molar-refractivity contribution is 0.601. The Morgan fingerprint density at radius 3 is 2.57 bits per heavy atom. The second-order valence-corrected chi connectivity index (χ2v) is 7.79. The molecular formula is C11H12Cl2N4O2S2. The number of nitrogens with zero attached hydrogens (tertiary/aromatic N) is 2. The van der Waals surface area contributed by atoms with E-state index in [2.05, 4.69) is 20.2 Å². The van der Waals surface area contributed by atoms with Crippen LogP contribution in [0.4, 0.5) is 5.13 Å². The zero-order chi connectivity index (χ0) is 15.6.